The molecule has 1 rings (SSSR count). The molecule has 1 atom stereocenters. The molecule has 0 saturated carbocycles. The first-order valence-electron chi connectivity index (χ1n) is 4.27. The molecule has 2 nitrogen and oxygen atoms in total. The van der Waals surface area contributed by atoms with Gasteiger partial charge in [-0.2, -0.15) is 0 Å². The second kappa shape index (κ2) is 4.08. The maximum absolute atomic E-state index is 10.7. The Morgan fingerprint density at radius 3 is 2.85 bits per heavy atom. The molecular formula is C11H13O2. The molecule has 2 heteroatoms. The largest absolute Gasteiger partial charge is 0.507 e. The minimum Gasteiger partial charge on any atom is -0.507 e. The van der Waals surface area contributed by atoms with E-state index in [1.165, 1.54) is 6.07 Å². The first-order valence-corrected chi connectivity index (χ1v) is 4.27. The third-order valence-corrected chi connectivity index (χ3v) is 2.20. The van der Waals surface area contributed by atoms with Crippen LogP contribution in [0.2, 0.25) is 0 Å². The molecule has 0 aliphatic heterocycles. The van der Waals surface area contributed by atoms with E-state index in [2.05, 4.69) is 6.92 Å². The fourth-order valence-electron chi connectivity index (χ4n) is 1.28. The molecule has 1 aromatic rings. The summed E-state index contributed by atoms with van der Waals surface area (Å²) in [7, 11) is 0. The zero-order valence-electron chi connectivity index (χ0n) is 7.66. The standard InChI is InChI=1S/C11H13O2/c1-3-8(2)9-5-4-6-11(13)10(9)7-12/h4-8,13H,1,3H2,2H3. The lowest BCUT2D eigenvalue weighted by Gasteiger charge is -2.11. The van der Waals surface area contributed by atoms with Crippen molar-refractivity contribution < 1.29 is 9.90 Å². The molecule has 0 heterocycles. The van der Waals surface area contributed by atoms with Crippen molar-refractivity contribution in [1.82, 2.24) is 0 Å². The Bertz CT molecular complexity index is 305. The number of phenolic OH excluding ortho intramolecular Hbond substituents is 1. The molecular weight excluding hydrogens is 164 g/mol. The van der Waals surface area contributed by atoms with Gasteiger partial charge in [-0.15, -0.1) is 0 Å². The molecule has 69 valence electrons. The highest BCUT2D eigenvalue weighted by Crippen LogP contribution is 2.27. The highest BCUT2D eigenvalue weighted by atomic mass is 16.3. The van der Waals surface area contributed by atoms with Gasteiger partial charge in [-0.05, 0) is 24.0 Å². The Labute approximate surface area is 78.2 Å². The molecule has 0 bridgehead atoms. The number of aldehydes is 1. The smallest absolute Gasteiger partial charge is 0.154 e. The van der Waals surface area contributed by atoms with Crippen LogP contribution in [0.25, 0.3) is 0 Å². The molecule has 1 aromatic carbocycles. The van der Waals surface area contributed by atoms with E-state index in [-0.39, 0.29) is 11.7 Å². The van der Waals surface area contributed by atoms with Gasteiger partial charge in [0.25, 0.3) is 0 Å². The van der Waals surface area contributed by atoms with Crippen molar-refractivity contribution in [3.63, 3.8) is 0 Å². The number of carbonyl (C=O) groups is 1. The van der Waals surface area contributed by atoms with E-state index in [0.29, 0.717) is 18.3 Å². The van der Waals surface area contributed by atoms with E-state index >= 15 is 0 Å². The van der Waals surface area contributed by atoms with Crippen molar-refractivity contribution in [3.8, 4) is 5.75 Å². The molecule has 0 aliphatic rings. The Balaban J connectivity index is 3.19. The van der Waals surface area contributed by atoms with Crippen molar-refractivity contribution in [2.75, 3.05) is 0 Å². The molecule has 13 heavy (non-hydrogen) atoms. The van der Waals surface area contributed by atoms with Crippen LogP contribution in [0.1, 0.15) is 35.2 Å². The molecule has 1 unspecified atom stereocenters. The van der Waals surface area contributed by atoms with E-state index in [4.69, 9.17) is 0 Å². The monoisotopic (exact) mass is 177 g/mol. The van der Waals surface area contributed by atoms with Gasteiger partial charge < -0.3 is 5.11 Å². The summed E-state index contributed by atoms with van der Waals surface area (Å²) < 4.78 is 0. The second-order valence-corrected chi connectivity index (χ2v) is 3.09. The van der Waals surface area contributed by atoms with Crippen LogP contribution in [-0.4, -0.2) is 11.4 Å². The molecule has 0 fully saturated rings. The number of hydrogen-bond donors (Lipinski definition) is 1. The van der Waals surface area contributed by atoms with Crippen LogP contribution in [0.15, 0.2) is 18.2 Å². The van der Waals surface area contributed by atoms with Crippen molar-refractivity contribution >= 4 is 6.29 Å². The first kappa shape index (κ1) is 9.78. The number of rotatable bonds is 3. The molecule has 0 aliphatic carbocycles. The summed E-state index contributed by atoms with van der Waals surface area (Å²) in [6, 6.07) is 5.10. The Morgan fingerprint density at radius 1 is 1.62 bits per heavy atom. The lowest BCUT2D eigenvalue weighted by molar-refractivity contribution is 0.111. The maximum Gasteiger partial charge on any atom is 0.154 e. The van der Waals surface area contributed by atoms with E-state index in [9.17, 15) is 9.90 Å². The highest BCUT2D eigenvalue weighted by Gasteiger charge is 2.11. The van der Waals surface area contributed by atoms with E-state index < -0.39 is 0 Å². The van der Waals surface area contributed by atoms with Gasteiger partial charge in [-0.3, -0.25) is 4.79 Å². The Hall–Kier alpha value is -1.31. The molecule has 0 spiro atoms. The summed E-state index contributed by atoms with van der Waals surface area (Å²) in [6.45, 7) is 5.75. The molecule has 0 amide bonds. The lowest BCUT2D eigenvalue weighted by Crippen LogP contribution is -1.97. The number of phenols is 1. The third kappa shape index (κ3) is 1.89. The minimum atomic E-state index is 0.0489. The zero-order valence-corrected chi connectivity index (χ0v) is 7.66. The number of hydrogen-bond acceptors (Lipinski definition) is 2. The van der Waals surface area contributed by atoms with Gasteiger partial charge in [0.1, 0.15) is 5.75 Å². The zero-order chi connectivity index (χ0) is 9.84. The summed E-state index contributed by atoms with van der Waals surface area (Å²) >= 11 is 0. The van der Waals surface area contributed by atoms with Crippen molar-refractivity contribution in [2.45, 2.75) is 19.3 Å². The molecule has 1 N–H and O–H groups in total. The van der Waals surface area contributed by atoms with Gasteiger partial charge in [0.2, 0.25) is 0 Å². The fourth-order valence-corrected chi connectivity index (χ4v) is 1.28. The van der Waals surface area contributed by atoms with Crippen LogP contribution in [0, 0.1) is 6.92 Å². The average Bonchev–Trinajstić information content (AvgIpc) is 2.16. The van der Waals surface area contributed by atoms with Gasteiger partial charge in [0.05, 0.1) is 5.56 Å². The first-order chi connectivity index (χ1) is 6.20. The quantitative estimate of drug-likeness (QED) is 0.720. The SMILES string of the molecule is [CH2]CC(C)c1cccc(O)c1C=O. The summed E-state index contributed by atoms with van der Waals surface area (Å²) in [4.78, 5) is 10.7. The van der Waals surface area contributed by atoms with E-state index in [1.54, 1.807) is 6.07 Å². The van der Waals surface area contributed by atoms with Crippen molar-refractivity contribution in [3.05, 3.63) is 36.2 Å². The van der Waals surface area contributed by atoms with Gasteiger partial charge in [0, 0.05) is 0 Å². The summed E-state index contributed by atoms with van der Waals surface area (Å²) in [5.41, 5.74) is 1.25. The average molecular weight is 177 g/mol. The topological polar surface area (TPSA) is 37.3 Å². The van der Waals surface area contributed by atoms with Crippen LogP contribution < -0.4 is 0 Å². The normalized spacial score (nSPS) is 12.5. The van der Waals surface area contributed by atoms with Crippen molar-refractivity contribution in [1.29, 1.82) is 0 Å². The minimum absolute atomic E-state index is 0.0489. The molecule has 1 radical (unpaired) electrons. The predicted molar refractivity (Wildman–Crippen MR) is 51.9 cm³/mol. The Morgan fingerprint density at radius 2 is 2.31 bits per heavy atom. The van der Waals surface area contributed by atoms with E-state index in [0.717, 1.165) is 5.56 Å². The van der Waals surface area contributed by atoms with Crippen LogP contribution in [-0.2, 0) is 0 Å². The Kier molecular flexibility index (Phi) is 3.07. The number of carbonyl (C=O) groups excluding carboxylic acids is 1. The van der Waals surface area contributed by atoms with Gasteiger partial charge in [-0.1, -0.05) is 26.0 Å². The number of benzene rings is 1. The van der Waals surface area contributed by atoms with Crippen LogP contribution in [0.4, 0.5) is 0 Å². The number of aromatic hydroxyl groups is 1. The van der Waals surface area contributed by atoms with Crippen molar-refractivity contribution in [2.24, 2.45) is 0 Å². The fraction of sp³-hybridized carbons (Fsp3) is 0.273. The summed E-state index contributed by atoms with van der Waals surface area (Å²) in [6.07, 6.45) is 1.40. The van der Waals surface area contributed by atoms with Gasteiger partial charge in [-0.25, -0.2) is 0 Å². The second-order valence-electron chi connectivity index (χ2n) is 3.09. The molecule has 0 aromatic heterocycles. The van der Waals surface area contributed by atoms with Crippen LogP contribution in [0.3, 0.4) is 0 Å². The molecule has 0 saturated heterocycles. The van der Waals surface area contributed by atoms with Gasteiger partial charge >= 0.3 is 0 Å². The maximum atomic E-state index is 10.7. The van der Waals surface area contributed by atoms with Crippen LogP contribution in [0.5, 0.6) is 5.75 Å². The van der Waals surface area contributed by atoms with Gasteiger partial charge in [0.15, 0.2) is 6.29 Å². The predicted octanol–water partition coefficient (Wildman–Crippen LogP) is 2.53. The van der Waals surface area contributed by atoms with E-state index in [1.807, 2.05) is 13.0 Å². The third-order valence-electron chi connectivity index (χ3n) is 2.20. The lowest BCUT2D eigenvalue weighted by atomic mass is 9.94. The van der Waals surface area contributed by atoms with Crippen LogP contribution >= 0.6 is 0 Å². The summed E-state index contributed by atoms with van der Waals surface area (Å²) in [5, 5.41) is 9.38. The highest BCUT2D eigenvalue weighted by molar-refractivity contribution is 5.81. The summed E-state index contributed by atoms with van der Waals surface area (Å²) in [5.74, 6) is 0.250.